The standard InChI is InChI=1S/C10H12ClN5O/c11-10-15-8-7(12-5-13-8)9(16-10)14-6-2-1-3-17-4-6/h5-6H,1-4H2,(H2,12,13,14,15,16). The van der Waals surface area contributed by atoms with Crippen molar-refractivity contribution in [3.8, 4) is 0 Å². The molecule has 0 aliphatic carbocycles. The van der Waals surface area contributed by atoms with Crippen LogP contribution in [0.4, 0.5) is 5.82 Å². The molecule has 0 saturated carbocycles. The van der Waals surface area contributed by atoms with Crippen LogP contribution in [0.25, 0.3) is 11.2 Å². The second kappa shape index (κ2) is 4.46. The first-order chi connectivity index (χ1) is 8.33. The van der Waals surface area contributed by atoms with Gasteiger partial charge in [0.15, 0.2) is 11.5 Å². The van der Waals surface area contributed by atoms with E-state index < -0.39 is 0 Å². The molecule has 1 atom stereocenters. The molecule has 0 spiro atoms. The Bertz CT molecular complexity index is 522. The third-order valence-electron chi connectivity index (χ3n) is 2.76. The van der Waals surface area contributed by atoms with E-state index in [2.05, 4.69) is 25.3 Å². The summed E-state index contributed by atoms with van der Waals surface area (Å²) in [5.74, 6) is 0.688. The van der Waals surface area contributed by atoms with E-state index in [9.17, 15) is 0 Å². The number of H-pyrrole nitrogens is 1. The van der Waals surface area contributed by atoms with Gasteiger partial charge in [0.25, 0.3) is 0 Å². The summed E-state index contributed by atoms with van der Waals surface area (Å²) >= 11 is 5.85. The molecule has 6 nitrogen and oxygen atoms in total. The van der Waals surface area contributed by atoms with Crippen molar-refractivity contribution < 1.29 is 4.74 Å². The molecule has 2 aromatic heterocycles. The second-order valence-electron chi connectivity index (χ2n) is 4.00. The number of fused-ring (bicyclic) bond motifs is 1. The van der Waals surface area contributed by atoms with Crippen molar-refractivity contribution in [1.82, 2.24) is 19.9 Å². The number of anilines is 1. The van der Waals surface area contributed by atoms with Crippen LogP contribution in [-0.4, -0.2) is 39.2 Å². The van der Waals surface area contributed by atoms with Crippen molar-refractivity contribution in [2.24, 2.45) is 0 Å². The SMILES string of the molecule is Clc1nc(NC2CCCOC2)c2[nH]cnc2n1. The molecule has 7 heteroatoms. The van der Waals surface area contributed by atoms with Crippen LogP contribution in [0.5, 0.6) is 0 Å². The Morgan fingerprint density at radius 2 is 2.41 bits per heavy atom. The highest BCUT2D eigenvalue weighted by Gasteiger charge is 2.16. The first kappa shape index (κ1) is 10.7. The summed E-state index contributed by atoms with van der Waals surface area (Å²) in [5, 5.41) is 3.52. The molecule has 3 heterocycles. The molecular weight excluding hydrogens is 242 g/mol. The predicted octanol–water partition coefficient (Wildman–Crippen LogP) is 1.60. The molecule has 90 valence electrons. The fraction of sp³-hybridized carbons (Fsp3) is 0.500. The highest BCUT2D eigenvalue weighted by molar-refractivity contribution is 6.28. The van der Waals surface area contributed by atoms with Crippen LogP contribution in [-0.2, 0) is 4.74 Å². The van der Waals surface area contributed by atoms with Gasteiger partial charge >= 0.3 is 0 Å². The van der Waals surface area contributed by atoms with E-state index in [-0.39, 0.29) is 11.3 Å². The van der Waals surface area contributed by atoms with Crippen LogP contribution in [0, 0.1) is 0 Å². The minimum absolute atomic E-state index is 0.198. The Kier molecular flexibility index (Phi) is 2.82. The summed E-state index contributed by atoms with van der Waals surface area (Å²) in [6, 6.07) is 0.265. The first-order valence-electron chi connectivity index (χ1n) is 5.54. The maximum absolute atomic E-state index is 5.85. The van der Waals surface area contributed by atoms with Gasteiger partial charge in [-0.1, -0.05) is 0 Å². The lowest BCUT2D eigenvalue weighted by molar-refractivity contribution is 0.0875. The lowest BCUT2D eigenvalue weighted by atomic mass is 10.1. The van der Waals surface area contributed by atoms with Gasteiger partial charge in [0.05, 0.1) is 19.0 Å². The van der Waals surface area contributed by atoms with E-state index in [4.69, 9.17) is 16.3 Å². The maximum Gasteiger partial charge on any atom is 0.226 e. The molecule has 3 rings (SSSR count). The predicted molar refractivity (Wildman–Crippen MR) is 64.2 cm³/mol. The first-order valence-corrected chi connectivity index (χ1v) is 5.91. The molecule has 17 heavy (non-hydrogen) atoms. The molecule has 1 unspecified atom stereocenters. The third-order valence-corrected chi connectivity index (χ3v) is 2.93. The Balaban J connectivity index is 1.90. The Hall–Kier alpha value is -1.40. The number of aromatic nitrogens is 4. The van der Waals surface area contributed by atoms with E-state index >= 15 is 0 Å². The molecule has 0 amide bonds. The Morgan fingerprint density at radius 3 is 3.24 bits per heavy atom. The van der Waals surface area contributed by atoms with E-state index in [1.54, 1.807) is 6.33 Å². The van der Waals surface area contributed by atoms with Crippen LogP contribution in [0.15, 0.2) is 6.33 Å². The van der Waals surface area contributed by atoms with Crippen molar-refractivity contribution in [1.29, 1.82) is 0 Å². The minimum Gasteiger partial charge on any atom is -0.379 e. The number of aromatic amines is 1. The summed E-state index contributed by atoms with van der Waals surface area (Å²) in [6.45, 7) is 1.53. The highest BCUT2D eigenvalue weighted by Crippen LogP contribution is 2.21. The largest absolute Gasteiger partial charge is 0.379 e. The lowest BCUT2D eigenvalue weighted by Gasteiger charge is -2.23. The van der Waals surface area contributed by atoms with Gasteiger partial charge in [0, 0.05) is 6.61 Å². The van der Waals surface area contributed by atoms with Crippen molar-refractivity contribution >= 4 is 28.6 Å². The fourth-order valence-corrected chi connectivity index (χ4v) is 2.12. The summed E-state index contributed by atoms with van der Waals surface area (Å²) in [7, 11) is 0. The molecular formula is C10H12ClN5O. The normalized spacial score (nSPS) is 20.6. The quantitative estimate of drug-likeness (QED) is 0.795. The zero-order chi connectivity index (χ0) is 11.7. The molecule has 0 radical (unpaired) electrons. The van der Waals surface area contributed by atoms with Crippen molar-refractivity contribution in [2.75, 3.05) is 18.5 Å². The van der Waals surface area contributed by atoms with Gasteiger partial charge in [0.1, 0.15) is 5.52 Å². The highest BCUT2D eigenvalue weighted by atomic mass is 35.5. The summed E-state index contributed by atoms with van der Waals surface area (Å²) in [4.78, 5) is 15.3. The molecule has 0 aromatic carbocycles. The fourth-order valence-electron chi connectivity index (χ4n) is 1.96. The van der Waals surface area contributed by atoms with Crippen molar-refractivity contribution in [3.05, 3.63) is 11.6 Å². The number of hydrogen-bond acceptors (Lipinski definition) is 5. The molecule has 2 N–H and O–H groups in total. The monoisotopic (exact) mass is 253 g/mol. The van der Waals surface area contributed by atoms with E-state index in [0.29, 0.717) is 18.1 Å². The van der Waals surface area contributed by atoms with Gasteiger partial charge in [-0.3, -0.25) is 0 Å². The van der Waals surface area contributed by atoms with Crippen LogP contribution in [0.2, 0.25) is 5.28 Å². The van der Waals surface area contributed by atoms with Crippen LogP contribution in [0.1, 0.15) is 12.8 Å². The number of nitrogens with one attached hydrogen (secondary N) is 2. The number of imidazole rings is 1. The molecule has 1 fully saturated rings. The smallest absolute Gasteiger partial charge is 0.226 e. The van der Waals surface area contributed by atoms with E-state index in [1.807, 2.05) is 0 Å². The van der Waals surface area contributed by atoms with Gasteiger partial charge in [-0.05, 0) is 24.4 Å². The Morgan fingerprint density at radius 1 is 1.47 bits per heavy atom. The molecule has 0 bridgehead atoms. The van der Waals surface area contributed by atoms with Gasteiger partial charge in [-0.15, -0.1) is 0 Å². The van der Waals surface area contributed by atoms with Crippen molar-refractivity contribution in [2.45, 2.75) is 18.9 Å². The minimum atomic E-state index is 0.198. The zero-order valence-electron chi connectivity index (χ0n) is 9.11. The van der Waals surface area contributed by atoms with Gasteiger partial charge < -0.3 is 15.0 Å². The second-order valence-corrected chi connectivity index (χ2v) is 4.34. The van der Waals surface area contributed by atoms with Gasteiger partial charge in [-0.2, -0.15) is 9.97 Å². The van der Waals surface area contributed by atoms with Crippen LogP contribution in [0.3, 0.4) is 0 Å². The summed E-state index contributed by atoms with van der Waals surface area (Å²) in [5.41, 5.74) is 1.35. The third kappa shape index (κ3) is 2.18. The number of hydrogen-bond donors (Lipinski definition) is 2. The van der Waals surface area contributed by atoms with Crippen molar-refractivity contribution in [3.63, 3.8) is 0 Å². The topological polar surface area (TPSA) is 75.7 Å². The molecule has 2 aromatic rings. The molecule has 1 saturated heterocycles. The summed E-state index contributed by atoms with van der Waals surface area (Å²) < 4.78 is 5.41. The van der Waals surface area contributed by atoms with Gasteiger partial charge in [-0.25, -0.2) is 4.98 Å². The number of halogens is 1. The molecule has 1 aliphatic heterocycles. The van der Waals surface area contributed by atoms with E-state index in [1.165, 1.54) is 0 Å². The van der Waals surface area contributed by atoms with Crippen LogP contribution >= 0.6 is 11.6 Å². The lowest BCUT2D eigenvalue weighted by Crippen LogP contribution is -2.30. The number of ether oxygens (including phenoxy) is 1. The van der Waals surface area contributed by atoms with Crippen LogP contribution < -0.4 is 5.32 Å². The average molecular weight is 254 g/mol. The van der Waals surface area contributed by atoms with E-state index in [0.717, 1.165) is 25.0 Å². The van der Waals surface area contributed by atoms with Gasteiger partial charge in [0.2, 0.25) is 5.28 Å². The number of nitrogens with zero attached hydrogens (tertiary/aromatic N) is 3. The summed E-state index contributed by atoms with van der Waals surface area (Å²) in [6.07, 6.45) is 3.71. The Labute approximate surface area is 103 Å². The maximum atomic E-state index is 5.85. The average Bonchev–Trinajstić information content (AvgIpc) is 2.78. The molecule has 1 aliphatic rings. The zero-order valence-corrected chi connectivity index (χ0v) is 9.87. The number of rotatable bonds is 2.